The minimum Gasteiger partial charge on any atom is -0.338 e. The normalized spacial score (nSPS) is 10.4. The van der Waals surface area contributed by atoms with Crippen molar-refractivity contribution in [2.45, 2.75) is 6.92 Å². The van der Waals surface area contributed by atoms with Gasteiger partial charge in [-0.2, -0.15) is 0 Å². The molecule has 6 heteroatoms. The molecule has 0 atom stereocenters. The highest BCUT2D eigenvalue weighted by molar-refractivity contribution is 6.28. The molecule has 0 fully saturated rings. The number of aromatic nitrogens is 4. The van der Waals surface area contributed by atoms with Crippen LogP contribution < -0.4 is 5.32 Å². The van der Waals surface area contributed by atoms with Crippen LogP contribution in [0.1, 0.15) is 5.69 Å². The van der Waals surface area contributed by atoms with Gasteiger partial charge in [-0.3, -0.25) is 4.98 Å². The fourth-order valence-electron chi connectivity index (χ4n) is 1.90. The van der Waals surface area contributed by atoms with Gasteiger partial charge in [-0.1, -0.05) is 6.07 Å². The van der Waals surface area contributed by atoms with E-state index in [-0.39, 0.29) is 5.28 Å². The summed E-state index contributed by atoms with van der Waals surface area (Å²) in [4.78, 5) is 16.9. The van der Waals surface area contributed by atoms with Gasteiger partial charge in [0.1, 0.15) is 11.5 Å². The summed E-state index contributed by atoms with van der Waals surface area (Å²) in [5.74, 6) is 0.609. The molecule has 104 valence electrons. The SMILES string of the molecule is Cc1ccc(Nc2ccnc(Cl)n2)c(-c2ccccn2)n1. The molecule has 0 amide bonds. The van der Waals surface area contributed by atoms with E-state index in [9.17, 15) is 0 Å². The average Bonchev–Trinajstić information content (AvgIpc) is 2.50. The van der Waals surface area contributed by atoms with Crippen LogP contribution in [-0.4, -0.2) is 19.9 Å². The molecule has 0 saturated carbocycles. The molecule has 3 aromatic heterocycles. The quantitative estimate of drug-likeness (QED) is 0.748. The molecule has 21 heavy (non-hydrogen) atoms. The Balaban J connectivity index is 2.03. The zero-order chi connectivity index (χ0) is 14.7. The highest BCUT2D eigenvalue weighted by Gasteiger charge is 2.09. The molecule has 3 aromatic rings. The molecule has 0 aliphatic carbocycles. The van der Waals surface area contributed by atoms with Crippen LogP contribution in [0.5, 0.6) is 0 Å². The van der Waals surface area contributed by atoms with Gasteiger partial charge in [0, 0.05) is 18.1 Å². The Morgan fingerprint density at radius 3 is 2.62 bits per heavy atom. The van der Waals surface area contributed by atoms with E-state index in [1.807, 2.05) is 37.3 Å². The van der Waals surface area contributed by atoms with Gasteiger partial charge in [0.05, 0.1) is 11.4 Å². The first-order valence-electron chi connectivity index (χ1n) is 6.37. The first-order valence-corrected chi connectivity index (χ1v) is 6.75. The second kappa shape index (κ2) is 5.85. The first-order chi connectivity index (χ1) is 10.2. The van der Waals surface area contributed by atoms with Gasteiger partial charge in [0.15, 0.2) is 0 Å². The van der Waals surface area contributed by atoms with E-state index < -0.39 is 0 Å². The highest BCUT2D eigenvalue weighted by atomic mass is 35.5. The van der Waals surface area contributed by atoms with Gasteiger partial charge >= 0.3 is 0 Å². The molecule has 5 nitrogen and oxygen atoms in total. The molecule has 3 rings (SSSR count). The lowest BCUT2D eigenvalue weighted by Crippen LogP contribution is -2.00. The van der Waals surface area contributed by atoms with E-state index >= 15 is 0 Å². The van der Waals surface area contributed by atoms with Crippen LogP contribution in [0.15, 0.2) is 48.8 Å². The summed E-state index contributed by atoms with van der Waals surface area (Å²) in [5, 5.41) is 3.39. The van der Waals surface area contributed by atoms with Crippen LogP contribution in [0.3, 0.4) is 0 Å². The number of nitrogens with zero attached hydrogens (tertiary/aromatic N) is 4. The van der Waals surface area contributed by atoms with Crippen molar-refractivity contribution in [2.24, 2.45) is 0 Å². The zero-order valence-corrected chi connectivity index (χ0v) is 12.0. The van der Waals surface area contributed by atoms with Gasteiger partial charge in [0.2, 0.25) is 5.28 Å². The molecular formula is C15H12ClN5. The van der Waals surface area contributed by atoms with Gasteiger partial charge in [0.25, 0.3) is 0 Å². The molecule has 0 bridgehead atoms. The average molecular weight is 298 g/mol. The molecule has 0 radical (unpaired) electrons. The maximum atomic E-state index is 5.80. The molecule has 1 N–H and O–H groups in total. The molecule has 3 heterocycles. The smallest absolute Gasteiger partial charge is 0.224 e. The maximum absolute atomic E-state index is 5.80. The number of halogens is 1. The van der Waals surface area contributed by atoms with Gasteiger partial charge in [-0.15, -0.1) is 0 Å². The monoisotopic (exact) mass is 297 g/mol. The summed E-state index contributed by atoms with van der Waals surface area (Å²) < 4.78 is 0. The van der Waals surface area contributed by atoms with Crippen LogP contribution >= 0.6 is 11.6 Å². The Kier molecular flexibility index (Phi) is 3.75. The Morgan fingerprint density at radius 2 is 1.86 bits per heavy atom. The third kappa shape index (κ3) is 3.14. The standard InChI is InChI=1S/C15H12ClN5/c1-10-5-6-12(20-13-7-9-18-15(16)21-13)14(19-10)11-4-2-3-8-17-11/h2-9H,1H3,(H,18,20,21). The topological polar surface area (TPSA) is 63.6 Å². The number of pyridine rings is 2. The summed E-state index contributed by atoms with van der Waals surface area (Å²) in [7, 11) is 0. The molecule has 0 spiro atoms. The van der Waals surface area contributed by atoms with E-state index in [4.69, 9.17) is 11.6 Å². The molecular weight excluding hydrogens is 286 g/mol. The van der Waals surface area contributed by atoms with E-state index in [0.717, 1.165) is 22.8 Å². The molecule has 0 aliphatic heterocycles. The van der Waals surface area contributed by atoms with Crippen molar-refractivity contribution in [1.29, 1.82) is 0 Å². The fraction of sp³-hybridized carbons (Fsp3) is 0.0667. The Morgan fingerprint density at radius 1 is 0.952 bits per heavy atom. The summed E-state index contributed by atoms with van der Waals surface area (Å²) in [6.45, 7) is 1.94. The van der Waals surface area contributed by atoms with Crippen molar-refractivity contribution in [3.63, 3.8) is 0 Å². The number of aryl methyl sites for hydroxylation is 1. The van der Waals surface area contributed by atoms with Gasteiger partial charge in [-0.25, -0.2) is 15.0 Å². The second-order valence-corrected chi connectivity index (χ2v) is 4.74. The van der Waals surface area contributed by atoms with Crippen LogP contribution in [0, 0.1) is 6.92 Å². The Hall–Kier alpha value is -2.53. The second-order valence-electron chi connectivity index (χ2n) is 4.40. The lowest BCUT2D eigenvalue weighted by atomic mass is 10.2. The summed E-state index contributed by atoms with van der Waals surface area (Å²) in [5.41, 5.74) is 3.30. The largest absolute Gasteiger partial charge is 0.338 e. The summed E-state index contributed by atoms with van der Waals surface area (Å²) in [6.07, 6.45) is 3.34. The minimum absolute atomic E-state index is 0.194. The Bertz CT molecular complexity index is 761. The number of nitrogens with one attached hydrogen (secondary N) is 1. The maximum Gasteiger partial charge on any atom is 0.224 e. The predicted octanol–water partition coefficient (Wildman–Crippen LogP) is 3.64. The predicted molar refractivity (Wildman–Crippen MR) is 82.5 cm³/mol. The van der Waals surface area contributed by atoms with Crippen LogP contribution in [-0.2, 0) is 0 Å². The number of rotatable bonds is 3. The zero-order valence-electron chi connectivity index (χ0n) is 11.3. The van der Waals surface area contributed by atoms with Crippen molar-refractivity contribution < 1.29 is 0 Å². The lowest BCUT2D eigenvalue weighted by Gasteiger charge is -2.11. The molecule has 0 aliphatic rings. The minimum atomic E-state index is 0.194. The van der Waals surface area contributed by atoms with Crippen molar-refractivity contribution in [1.82, 2.24) is 19.9 Å². The number of anilines is 2. The number of hydrogen-bond acceptors (Lipinski definition) is 5. The highest BCUT2D eigenvalue weighted by Crippen LogP contribution is 2.27. The van der Waals surface area contributed by atoms with Crippen molar-refractivity contribution in [2.75, 3.05) is 5.32 Å². The summed E-state index contributed by atoms with van der Waals surface area (Å²) >= 11 is 5.80. The van der Waals surface area contributed by atoms with Crippen molar-refractivity contribution in [3.8, 4) is 11.4 Å². The summed E-state index contributed by atoms with van der Waals surface area (Å²) in [6, 6.07) is 11.3. The third-order valence-electron chi connectivity index (χ3n) is 2.83. The van der Waals surface area contributed by atoms with Gasteiger partial charge < -0.3 is 5.32 Å². The van der Waals surface area contributed by atoms with Crippen LogP contribution in [0.25, 0.3) is 11.4 Å². The number of hydrogen-bond donors (Lipinski definition) is 1. The lowest BCUT2D eigenvalue weighted by molar-refractivity contribution is 1.15. The Labute approximate surface area is 127 Å². The van der Waals surface area contributed by atoms with Crippen molar-refractivity contribution >= 4 is 23.1 Å². The van der Waals surface area contributed by atoms with Crippen molar-refractivity contribution in [3.05, 3.63) is 59.8 Å². The van der Waals surface area contributed by atoms with E-state index in [1.165, 1.54) is 0 Å². The molecule has 0 saturated heterocycles. The van der Waals surface area contributed by atoms with E-state index in [2.05, 4.69) is 25.3 Å². The van der Waals surface area contributed by atoms with Crippen LogP contribution in [0.4, 0.5) is 11.5 Å². The van der Waals surface area contributed by atoms with Gasteiger partial charge in [-0.05, 0) is 48.9 Å². The third-order valence-corrected chi connectivity index (χ3v) is 3.01. The van der Waals surface area contributed by atoms with E-state index in [0.29, 0.717) is 5.82 Å². The molecule has 0 unspecified atom stereocenters. The fourth-order valence-corrected chi connectivity index (χ4v) is 2.05. The first kappa shape index (κ1) is 13.5. The van der Waals surface area contributed by atoms with Crippen LogP contribution in [0.2, 0.25) is 5.28 Å². The van der Waals surface area contributed by atoms with E-state index in [1.54, 1.807) is 18.5 Å². The molecule has 0 aromatic carbocycles.